The molecule has 1 amide bonds. The van der Waals surface area contributed by atoms with Crippen LogP contribution in [0.5, 0.6) is 11.5 Å². The molecule has 200 valence electrons. The largest absolute Gasteiger partial charge is 0.507 e. The summed E-state index contributed by atoms with van der Waals surface area (Å²) >= 11 is 1.35. The van der Waals surface area contributed by atoms with Crippen molar-refractivity contribution in [3.8, 4) is 11.5 Å². The molecular formula is C31H30N2O5S. The summed E-state index contributed by atoms with van der Waals surface area (Å²) in [6.07, 6.45) is 0.837. The van der Waals surface area contributed by atoms with E-state index >= 15 is 0 Å². The van der Waals surface area contributed by atoms with Crippen molar-refractivity contribution in [2.24, 2.45) is 0 Å². The lowest BCUT2D eigenvalue weighted by Crippen LogP contribution is -2.29. The van der Waals surface area contributed by atoms with Crippen molar-refractivity contribution in [1.29, 1.82) is 0 Å². The van der Waals surface area contributed by atoms with Gasteiger partial charge in [0.05, 0.1) is 35.5 Å². The van der Waals surface area contributed by atoms with Crippen LogP contribution in [0.25, 0.3) is 16.0 Å². The molecule has 4 aromatic rings. The Morgan fingerprint density at radius 1 is 1.05 bits per heavy atom. The molecule has 1 saturated heterocycles. The Morgan fingerprint density at radius 2 is 1.85 bits per heavy atom. The molecule has 1 aliphatic rings. The molecule has 0 bridgehead atoms. The molecule has 1 N–H and O–H groups in total. The van der Waals surface area contributed by atoms with E-state index in [1.54, 1.807) is 25.3 Å². The number of aryl methyl sites for hydroxylation is 3. The second kappa shape index (κ2) is 10.5. The zero-order valence-electron chi connectivity index (χ0n) is 22.6. The maximum atomic E-state index is 13.6. The molecule has 0 spiro atoms. The van der Waals surface area contributed by atoms with E-state index in [1.165, 1.54) is 16.2 Å². The molecule has 0 unspecified atom stereocenters. The maximum absolute atomic E-state index is 13.6. The lowest BCUT2D eigenvalue weighted by molar-refractivity contribution is -0.132. The van der Waals surface area contributed by atoms with E-state index in [2.05, 4.69) is 0 Å². The molecule has 39 heavy (non-hydrogen) atoms. The number of aliphatic hydroxyl groups excluding tert-OH is 1. The van der Waals surface area contributed by atoms with Crippen LogP contribution in [0, 0.1) is 20.8 Å². The monoisotopic (exact) mass is 542 g/mol. The number of aromatic nitrogens is 1. The number of hydrogen-bond acceptors (Lipinski definition) is 7. The van der Waals surface area contributed by atoms with Gasteiger partial charge in [0, 0.05) is 5.56 Å². The molecule has 1 aromatic heterocycles. The van der Waals surface area contributed by atoms with Crippen molar-refractivity contribution in [3.05, 3.63) is 88.0 Å². The number of amides is 1. The van der Waals surface area contributed by atoms with E-state index in [1.807, 2.05) is 64.1 Å². The summed E-state index contributed by atoms with van der Waals surface area (Å²) in [5, 5.41) is 11.9. The summed E-state index contributed by atoms with van der Waals surface area (Å²) in [5.74, 6) is -0.474. The van der Waals surface area contributed by atoms with Gasteiger partial charge in [-0.15, -0.1) is 0 Å². The molecule has 2 heterocycles. The van der Waals surface area contributed by atoms with Gasteiger partial charge in [0.25, 0.3) is 5.78 Å². The Balaban J connectivity index is 1.72. The predicted molar refractivity (Wildman–Crippen MR) is 154 cm³/mol. The van der Waals surface area contributed by atoms with Gasteiger partial charge in [0.2, 0.25) is 0 Å². The molecule has 7 nitrogen and oxygen atoms in total. The van der Waals surface area contributed by atoms with Gasteiger partial charge in [-0.25, -0.2) is 4.98 Å². The minimum Gasteiger partial charge on any atom is -0.507 e. The van der Waals surface area contributed by atoms with Crippen LogP contribution in [-0.4, -0.2) is 35.5 Å². The van der Waals surface area contributed by atoms with Crippen molar-refractivity contribution in [3.63, 3.8) is 0 Å². The maximum Gasteiger partial charge on any atom is 0.301 e. The van der Waals surface area contributed by atoms with Crippen LogP contribution in [0.3, 0.4) is 0 Å². The lowest BCUT2D eigenvalue weighted by Gasteiger charge is -2.23. The summed E-state index contributed by atoms with van der Waals surface area (Å²) in [4.78, 5) is 33.4. The first-order chi connectivity index (χ1) is 18.7. The number of fused-ring (bicyclic) bond motifs is 1. The third kappa shape index (κ3) is 4.76. The van der Waals surface area contributed by atoms with Gasteiger partial charge >= 0.3 is 5.91 Å². The van der Waals surface area contributed by atoms with E-state index in [-0.39, 0.29) is 11.3 Å². The molecule has 3 aromatic carbocycles. The van der Waals surface area contributed by atoms with Gasteiger partial charge < -0.3 is 14.6 Å². The average molecular weight is 543 g/mol. The Bertz CT molecular complexity index is 1640. The third-order valence-electron chi connectivity index (χ3n) is 6.78. The number of aliphatic hydroxyl groups is 1. The zero-order chi connectivity index (χ0) is 27.8. The van der Waals surface area contributed by atoms with Gasteiger partial charge in [0.1, 0.15) is 17.3 Å². The van der Waals surface area contributed by atoms with Crippen LogP contribution in [0.15, 0.2) is 60.2 Å². The highest BCUT2D eigenvalue weighted by Gasteiger charge is 2.48. The summed E-state index contributed by atoms with van der Waals surface area (Å²) < 4.78 is 12.1. The van der Waals surface area contributed by atoms with Crippen molar-refractivity contribution in [2.75, 3.05) is 18.6 Å². The van der Waals surface area contributed by atoms with Crippen LogP contribution < -0.4 is 14.4 Å². The number of ether oxygens (including phenoxy) is 2. The van der Waals surface area contributed by atoms with E-state index in [4.69, 9.17) is 14.5 Å². The average Bonchev–Trinajstić information content (AvgIpc) is 3.45. The Hall–Kier alpha value is -4.17. The fourth-order valence-corrected chi connectivity index (χ4v) is 6.15. The van der Waals surface area contributed by atoms with Crippen LogP contribution in [0.2, 0.25) is 0 Å². The molecular weight excluding hydrogens is 512 g/mol. The third-order valence-corrected chi connectivity index (χ3v) is 7.79. The molecule has 5 rings (SSSR count). The highest BCUT2D eigenvalue weighted by molar-refractivity contribution is 7.22. The van der Waals surface area contributed by atoms with Crippen molar-refractivity contribution in [2.45, 2.75) is 40.2 Å². The Kier molecular flexibility index (Phi) is 7.14. The van der Waals surface area contributed by atoms with Crippen LogP contribution in [0.1, 0.15) is 47.2 Å². The first-order valence-corrected chi connectivity index (χ1v) is 13.6. The number of hydrogen-bond donors (Lipinski definition) is 1. The second-order valence-corrected chi connectivity index (χ2v) is 10.7. The summed E-state index contributed by atoms with van der Waals surface area (Å²) in [5.41, 5.74) is 4.72. The molecule has 1 aliphatic heterocycles. The standard InChI is InChI=1S/C31H30N2O5S/c1-6-12-38-22-9-7-8-20(16-22)27-25(28(34)21-10-11-23(37-5)18(3)15-21)29(35)30(36)33(27)31-32-26-19(4)13-17(2)14-24(26)39-31/h7-11,13-16,27,34H,6,12H2,1-5H3/t27-/m0/s1. The number of carbonyl (C=O) groups excluding carboxylic acids is 2. The number of anilines is 1. The number of thiazole rings is 1. The molecule has 8 heteroatoms. The smallest absolute Gasteiger partial charge is 0.301 e. The van der Waals surface area contributed by atoms with Gasteiger partial charge in [-0.3, -0.25) is 14.5 Å². The normalized spacial score (nSPS) is 16.7. The number of methoxy groups -OCH3 is 1. The Morgan fingerprint density at radius 3 is 2.56 bits per heavy atom. The van der Waals surface area contributed by atoms with Gasteiger partial charge in [-0.05, 0) is 85.8 Å². The topological polar surface area (TPSA) is 89.0 Å². The first kappa shape index (κ1) is 26.4. The van der Waals surface area contributed by atoms with Crippen molar-refractivity contribution < 1.29 is 24.2 Å². The fourth-order valence-electron chi connectivity index (χ4n) is 4.98. The molecule has 0 aliphatic carbocycles. The fraction of sp³-hybridized carbons (Fsp3) is 0.258. The van der Waals surface area contributed by atoms with Crippen LogP contribution in [0.4, 0.5) is 5.13 Å². The van der Waals surface area contributed by atoms with Crippen molar-refractivity contribution >= 4 is 44.1 Å². The SMILES string of the molecule is CCCOc1cccc([C@H]2C(=C(O)c3ccc(OC)c(C)c3)C(=O)C(=O)N2c2nc3c(C)cc(C)cc3s2)c1. The van der Waals surface area contributed by atoms with Gasteiger partial charge in [0.15, 0.2) is 5.13 Å². The van der Waals surface area contributed by atoms with E-state index in [0.29, 0.717) is 34.4 Å². The summed E-state index contributed by atoms with van der Waals surface area (Å²) in [6.45, 7) is 8.39. The Labute approximate surface area is 231 Å². The summed E-state index contributed by atoms with van der Waals surface area (Å²) in [7, 11) is 1.57. The van der Waals surface area contributed by atoms with Crippen LogP contribution in [-0.2, 0) is 9.59 Å². The van der Waals surface area contributed by atoms with Crippen molar-refractivity contribution in [1.82, 2.24) is 4.98 Å². The van der Waals surface area contributed by atoms with Crippen LogP contribution >= 0.6 is 11.3 Å². The molecule has 0 saturated carbocycles. The lowest BCUT2D eigenvalue weighted by atomic mass is 9.94. The highest BCUT2D eigenvalue weighted by Crippen LogP contribution is 2.45. The highest BCUT2D eigenvalue weighted by atomic mass is 32.1. The molecule has 0 radical (unpaired) electrons. The zero-order valence-corrected chi connectivity index (χ0v) is 23.4. The minimum absolute atomic E-state index is 0.00404. The quantitative estimate of drug-likeness (QED) is 0.160. The number of Topliss-reactive ketones (excluding diaryl/α,β-unsaturated/α-hetero) is 1. The van der Waals surface area contributed by atoms with Gasteiger partial charge in [-0.2, -0.15) is 0 Å². The van der Waals surface area contributed by atoms with E-state index in [9.17, 15) is 14.7 Å². The summed E-state index contributed by atoms with van der Waals surface area (Å²) in [6, 6.07) is 15.6. The number of rotatable bonds is 7. The van der Waals surface area contributed by atoms with E-state index in [0.717, 1.165) is 33.3 Å². The van der Waals surface area contributed by atoms with E-state index < -0.39 is 17.7 Å². The molecule has 1 atom stereocenters. The number of carbonyl (C=O) groups is 2. The predicted octanol–water partition coefficient (Wildman–Crippen LogP) is 6.65. The first-order valence-electron chi connectivity index (χ1n) is 12.8. The number of nitrogens with zero attached hydrogens (tertiary/aromatic N) is 2. The molecule has 1 fully saturated rings. The van der Waals surface area contributed by atoms with Gasteiger partial charge in [-0.1, -0.05) is 36.5 Å². The minimum atomic E-state index is -0.889. The second-order valence-electron chi connectivity index (χ2n) is 9.70. The number of ketones is 1. The number of benzene rings is 3.